The number of benzene rings is 1. The van der Waals surface area contributed by atoms with Crippen LogP contribution in [-0.2, 0) is 35.4 Å². The first kappa shape index (κ1) is 46.4. The molecule has 0 saturated carbocycles. The Bertz CT molecular complexity index is 1240. The van der Waals surface area contributed by atoms with Crippen LogP contribution in [0.3, 0.4) is 0 Å². The van der Waals surface area contributed by atoms with Gasteiger partial charge in [0.25, 0.3) is 0 Å². The molecule has 2 aromatic heterocycles. The maximum absolute atomic E-state index is 12.7. The molecule has 0 amide bonds. The maximum Gasteiger partial charge on any atom is 0.338 e. The van der Waals surface area contributed by atoms with E-state index in [0.29, 0.717) is 37.2 Å². The molecule has 0 spiro atoms. The summed E-state index contributed by atoms with van der Waals surface area (Å²) in [6.07, 6.45) is 22.6. The molecule has 2 heterocycles. The largest absolute Gasteiger partial charge is 1.00 e. The number of carbonyl (C=O) groups is 2. The molecule has 10 heteroatoms. The molecule has 50 heavy (non-hydrogen) atoms. The molecular weight excluding hydrogens is 796 g/mol. The third-order valence-corrected chi connectivity index (χ3v) is 11.6. The van der Waals surface area contributed by atoms with E-state index in [-0.39, 0.29) is 45.9 Å². The van der Waals surface area contributed by atoms with Crippen LogP contribution in [0.2, 0.25) is 0 Å². The van der Waals surface area contributed by atoms with E-state index < -0.39 is 0 Å². The lowest BCUT2D eigenvalue weighted by Gasteiger charge is -2.06. The highest BCUT2D eigenvalue weighted by Gasteiger charge is 2.18. The van der Waals surface area contributed by atoms with Crippen molar-refractivity contribution in [1.29, 1.82) is 0 Å². The summed E-state index contributed by atoms with van der Waals surface area (Å²) in [4.78, 5) is 27.8. The summed E-state index contributed by atoms with van der Waals surface area (Å²) in [6.45, 7) is 11.6. The molecule has 0 aliphatic rings. The number of carbonyl (C=O) groups excluding carboxylic acids is 2. The monoisotopic (exact) mass is 856 g/mol. The van der Waals surface area contributed by atoms with Gasteiger partial charge in [0, 0.05) is 39.5 Å². The Morgan fingerprint density at radius 2 is 0.860 bits per heavy atom. The SMILES string of the molecule is CCCCCCCCCC[n+]1csc(CCOC(=O)c2ccc(C(=O)OCCc3sc[n+](CCCCCCCCCC)c3C)cc2)c1C.[Br-].[Br-]. The number of hydrogen-bond donors (Lipinski definition) is 0. The average Bonchev–Trinajstić information content (AvgIpc) is 3.63. The Kier molecular flexibility index (Phi) is 25.9. The van der Waals surface area contributed by atoms with E-state index in [1.54, 1.807) is 46.9 Å². The molecule has 0 aliphatic heterocycles. The summed E-state index contributed by atoms with van der Waals surface area (Å²) in [5.41, 5.74) is 7.82. The zero-order valence-electron chi connectivity index (χ0n) is 31.1. The standard InChI is InChI=1S/C40H62N2O4S2.2BrH/c1-5-7-9-11-13-15-17-19-27-41-31-47-37(33(41)3)25-29-45-39(43)35-21-23-36(24-22-35)40(44)46-30-26-38-34(4)42(32-48-38)28-20-18-16-14-12-10-8-6-2;;/h21-24,31-32H,5-20,25-30H2,1-4H3;2*1H/q+2;;/p-2. The number of hydrogen-bond acceptors (Lipinski definition) is 6. The van der Waals surface area contributed by atoms with Crippen LogP contribution < -0.4 is 43.1 Å². The molecule has 6 nitrogen and oxygen atoms in total. The molecule has 1 aromatic carbocycles. The fraction of sp³-hybridized carbons (Fsp3) is 0.650. The lowest BCUT2D eigenvalue weighted by molar-refractivity contribution is -0.698. The van der Waals surface area contributed by atoms with Gasteiger partial charge in [0.2, 0.25) is 11.0 Å². The van der Waals surface area contributed by atoms with Crippen molar-refractivity contribution in [3.63, 3.8) is 0 Å². The number of ether oxygens (including phenoxy) is 2. The Morgan fingerprint density at radius 1 is 0.540 bits per heavy atom. The van der Waals surface area contributed by atoms with E-state index in [1.165, 1.54) is 124 Å². The van der Waals surface area contributed by atoms with Crippen LogP contribution in [-0.4, -0.2) is 25.2 Å². The molecule has 0 N–H and O–H groups in total. The zero-order chi connectivity index (χ0) is 34.4. The van der Waals surface area contributed by atoms with Crippen molar-refractivity contribution in [2.75, 3.05) is 13.2 Å². The van der Waals surface area contributed by atoms with Crippen molar-refractivity contribution >= 4 is 34.6 Å². The van der Waals surface area contributed by atoms with E-state index in [9.17, 15) is 9.59 Å². The number of unbranched alkanes of at least 4 members (excludes halogenated alkanes) is 14. The third-order valence-electron chi connectivity index (χ3n) is 9.30. The van der Waals surface area contributed by atoms with Crippen molar-refractivity contribution in [3.8, 4) is 0 Å². The van der Waals surface area contributed by atoms with Gasteiger partial charge in [-0.3, -0.25) is 0 Å². The fourth-order valence-corrected chi connectivity index (χ4v) is 8.05. The molecule has 0 bridgehead atoms. The molecule has 0 fully saturated rings. The Balaban J connectivity index is 0.00000625. The predicted octanol–water partition coefficient (Wildman–Crippen LogP) is 4.09. The van der Waals surface area contributed by atoms with E-state index in [4.69, 9.17) is 9.47 Å². The summed E-state index contributed by atoms with van der Waals surface area (Å²) >= 11 is 3.48. The van der Waals surface area contributed by atoms with Crippen molar-refractivity contribution in [2.24, 2.45) is 0 Å². The topological polar surface area (TPSA) is 60.4 Å². The second-order valence-electron chi connectivity index (χ2n) is 13.1. The van der Waals surface area contributed by atoms with Crippen LogP contribution in [0.1, 0.15) is 158 Å². The molecule has 0 unspecified atom stereocenters. The van der Waals surface area contributed by atoms with Gasteiger partial charge >= 0.3 is 11.9 Å². The number of halogens is 2. The lowest BCUT2D eigenvalue weighted by Crippen LogP contribution is -3.00. The van der Waals surface area contributed by atoms with Crippen LogP contribution in [0.5, 0.6) is 0 Å². The number of aryl methyl sites for hydroxylation is 2. The van der Waals surface area contributed by atoms with Crippen LogP contribution >= 0.6 is 22.7 Å². The maximum atomic E-state index is 12.7. The Morgan fingerprint density at radius 3 is 1.20 bits per heavy atom. The number of aromatic nitrogens is 2. The fourth-order valence-electron chi connectivity index (χ4n) is 6.04. The highest BCUT2D eigenvalue weighted by molar-refractivity contribution is 7.09. The van der Waals surface area contributed by atoms with Crippen molar-refractivity contribution in [1.82, 2.24) is 0 Å². The summed E-state index contributed by atoms with van der Waals surface area (Å²) in [7, 11) is 0. The number of nitrogens with zero attached hydrogens (tertiary/aromatic N) is 2. The highest BCUT2D eigenvalue weighted by atomic mass is 79.9. The number of esters is 2. The molecule has 282 valence electrons. The van der Waals surface area contributed by atoms with Gasteiger partial charge in [0.1, 0.15) is 13.1 Å². The number of rotatable bonds is 26. The quantitative estimate of drug-likeness (QED) is 0.0695. The average molecular weight is 859 g/mol. The van der Waals surface area contributed by atoms with E-state index in [2.05, 4.69) is 47.9 Å². The van der Waals surface area contributed by atoms with Gasteiger partial charge in [-0.2, -0.15) is 9.13 Å². The minimum atomic E-state index is -0.371. The van der Waals surface area contributed by atoms with Crippen molar-refractivity contribution in [3.05, 3.63) is 67.6 Å². The van der Waals surface area contributed by atoms with Crippen molar-refractivity contribution < 1.29 is 62.2 Å². The van der Waals surface area contributed by atoms with E-state index >= 15 is 0 Å². The third kappa shape index (κ3) is 17.3. The van der Waals surface area contributed by atoms with E-state index in [0.717, 1.165) is 13.1 Å². The first-order chi connectivity index (χ1) is 23.4. The van der Waals surface area contributed by atoms with Gasteiger partial charge < -0.3 is 43.4 Å². The van der Waals surface area contributed by atoms with Crippen LogP contribution in [0.25, 0.3) is 0 Å². The minimum Gasteiger partial charge on any atom is -1.00 e. The predicted molar refractivity (Wildman–Crippen MR) is 198 cm³/mol. The number of thiazole rings is 2. The molecular formula is C40H62Br2N2O4S2. The van der Waals surface area contributed by atoms with Crippen LogP contribution in [0.15, 0.2) is 35.3 Å². The summed E-state index contributed by atoms with van der Waals surface area (Å²) in [6, 6.07) is 6.57. The van der Waals surface area contributed by atoms with Crippen molar-refractivity contribution in [2.45, 2.75) is 156 Å². The molecule has 0 aliphatic carbocycles. The first-order valence-electron chi connectivity index (χ1n) is 18.8. The minimum absolute atomic E-state index is 0. The smallest absolute Gasteiger partial charge is 0.338 e. The van der Waals surface area contributed by atoms with Gasteiger partial charge in [-0.15, -0.1) is 0 Å². The molecule has 0 atom stereocenters. The Hall–Kier alpha value is -1.62. The van der Waals surface area contributed by atoms with E-state index in [1.807, 2.05) is 0 Å². The van der Waals surface area contributed by atoms with Crippen LogP contribution in [0.4, 0.5) is 0 Å². The second kappa shape index (κ2) is 28.0. The van der Waals surface area contributed by atoms with Gasteiger partial charge in [0.05, 0.1) is 34.1 Å². The van der Waals surface area contributed by atoms with Gasteiger partial charge in [0.15, 0.2) is 11.4 Å². The second-order valence-corrected chi connectivity index (χ2v) is 15.0. The molecule has 3 aromatic rings. The summed E-state index contributed by atoms with van der Waals surface area (Å²) in [5.74, 6) is -0.742. The highest BCUT2D eigenvalue weighted by Crippen LogP contribution is 2.16. The van der Waals surface area contributed by atoms with Gasteiger partial charge in [-0.1, -0.05) is 114 Å². The molecule has 0 saturated heterocycles. The first-order valence-corrected chi connectivity index (χ1v) is 20.6. The summed E-state index contributed by atoms with van der Waals surface area (Å²) in [5, 5.41) is 0. The molecule has 0 radical (unpaired) electrons. The normalized spacial score (nSPS) is 10.8. The molecule has 3 rings (SSSR count). The van der Waals surface area contributed by atoms with Gasteiger partial charge in [-0.25, -0.2) is 9.59 Å². The van der Waals surface area contributed by atoms with Gasteiger partial charge in [-0.05, 0) is 37.1 Å². The van der Waals surface area contributed by atoms with Crippen LogP contribution in [0, 0.1) is 13.8 Å². The summed E-state index contributed by atoms with van der Waals surface area (Å²) < 4.78 is 15.8. The lowest BCUT2D eigenvalue weighted by atomic mass is 10.1. The Labute approximate surface area is 331 Å². The zero-order valence-corrected chi connectivity index (χ0v) is 35.9.